The lowest BCUT2D eigenvalue weighted by Gasteiger charge is -2.32. The van der Waals surface area contributed by atoms with E-state index in [4.69, 9.17) is 0 Å². The number of hydrogen-bond donors (Lipinski definition) is 1. The van der Waals surface area contributed by atoms with Crippen LogP contribution in [0.2, 0.25) is 0 Å². The number of rotatable bonds is 3. The van der Waals surface area contributed by atoms with Gasteiger partial charge in [-0.3, -0.25) is 0 Å². The lowest BCUT2D eigenvalue weighted by Crippen LogP contribution is -2.21. The first-order chi connectivity index (χ1) is 8.61. The highest BCUT2D eigenvalue weighted by molar-refractivity contribution is 5.32. The van der Waals surface area contributed by atoms with Gasteiger partial charge in [0.2, 0.25) is 0 Å². The van der Waals surface area contributed by atoms with Crippen LogP contribution in [-0.4, -0.2) is 5.11 Å². The van der Waals surface area contributed by atoms with Crippen LogP contribution in [0, 0.1) is 25.7 Å². The zero-order valence-corrected chi connectivity index (χ0v) is 11.9. The highest BCUT2D eigenvalue weighted by atomic mass is 16.3. The van der Waals surface area contributed by atoms with Crippen molar-refractivity contribution < 1.29 is 5.11 Å². The summed E-state index contributed by atoms with van der Waals surface area (Å²) in [5.41, 5.74) is 3.63. The van der Waals surface area contributed by atoms with Crippen molar-refractivity contribution in [1.29, 1.82) is 0 Å². The normalized spacial score (nSPS) is 26.0. The molecule has 0 radical (unpaired) electrons. The monoisotopic (exact) mass is 246 g/mol. The van der Waals surface area contributed by atoms with E-state index in [0.29, 0.717) is 5.92 Å². The third-order valence-electron chi connectivity index (χ3n) is 4.60. The molecule has 1 aliphatic carbocycles. The number of aliphatic hydroxyl groups is 1. The molecule has 0 saturated heterocycles. The van der Waals surface area contributed by atoms with Crippen LogP contribution in [0.15, 0.2) is 18.2 Å². The first-order valence-corrected chi connectivity index (χ1v) is 7.37. The van der Waals surface area contributed by atoms with E-state index in [0.717, 1.165) is 11.5 Å². The van der Waals surface area contributed by atoms with Gasteiger partial charge >= 0.3 is 0 Å². The summed E-state index contributed by atoms with van der Waals surface area (Å²) in [5, 5.41) is 10.7. The number of hydrogen-bond acceptors (Lipinski definition) is 1. The molecule has 1 fully saturated rings. The highest BCUT2D eigenvalue weighted by Crippen LogP contribution is 2.39. The van der Waals surface area contributed by atoms with E-state index < -0.39 is 0 Å². The lowest BCUT2D eigenvalue weighted by molar-refractivity contribution is 0.0673. The second-order valence-electron chi connectivity index (χ2n) is 6.01. The fraction of sp³-hybridized carbons (Fsp3) is 0.647. The molecule has 1 N–H and O–H groups in total. The smallest absolute Gasteiger partial charge is 0.0820 e. The van der Waals surface area contributed by atoms with Crippen molar-refractivity contribution in [1.82, 2.24) is 0 Å². The standard InChI is InChI=1S/C17H26O/c1-4-14-6-5-7-15(11-14)17(18)16-10-12(2)8-9-13(16)3/h8-10,14-15,17-18H,4-7,11H2,1-3H3. The molecule has 0 aliphatic heterocycles. The zero-order valence-electron chi connectivity index (χ0n) is 11.9. The van der Waals surface area contributed by atoms with Crippen molar-refractivity contribution in [3.05, 3.63) is 34.9 Å². The fourth-order valence-electron chi connectivity index (χ4n) is 3.32. The Bertz CT molecular complexity index is 397. The minimum Gasteiger partial charge on any atom is -0.388 e. The van der Waals surface area contributed by atoms with Gasteiger partial charge in [-0.15, -0.1) is 0 Å². The molecule has 3 unspecified atom stereocenters. The summed E-state index contributed by atoms with van der Waals surface area (Å²) >= 11 is 0. The molecule has 1 nitrogen and oxygen atoms in total. The Morgan fingerprint density at radius 1 is 1.28 bits per heavy atom. The van der Waals surface area contributed by atoms with Gasteiger partial charge < -0.3 is 5.11 Å². The largest absolute Gasteiger partial charge is 0.388 e. The van der Waals surface area contributed by atoms with E-state index in [9.17, 15) is 5.11 Å². The van der Waals surface area contributed by atoms with Crippen LogP contribution in [0.25, 0.3) is 0 Å². The maximum absolute atomic E-state index is 10.7. The van der Waals surface area contributed by atoms with Crippen LogP contribution in [-0.2, 0) is 0 Å². The zero-order chi connectivity index (χ0) is 13.1. The molecule has 0 bridgehead atoms. The predicted octanol–water partition coefficient (Wildman–Crippen LogP) is 4.55. The van der Waals surface area contributed by atoms with E-state index in [1.807, 2.05) is 0 Å². The molecule has 1 aromatic carbocycles. The molecule has 1 saturated carbocycles. The van der Waals surface area contributed by atoms with Gasteiger partial charge in [0.15, 0.2) is 0 Å². The van der Waals surface area contributed by atoms with E-state index in [1.165, 1.54) is 43.2 Å². The highest BCUT2D eigenvalue weighted by Gasteiger charge is 2.28. The summed E-state index contributed by atoms with van der Waals surface area (Å²) in [6, 6.07) is 6.42. The Kier molecular flexibility index (Phi) is 4.45. The summed E-state index contributed by atoms with van der Waals surface area (Å²) in [4.78, 5) is 0. The van der Waals surface area contributed by atoms with Crippen molar-refractivity contribution in [3.8, 4) is 0 Å². The van der Waals surface area contributed by atoms with Gasteiger partial charge in [-0.05, 0) is 49.7 Å². The molecule has 0 spiro atoms. The van der Waals surface area contributed by atoms with Gasteiger partial charge in [0.1, 0.15) is 0 Å². The van der Waals surface area contributed by atoms with Gasteiger partial charge in [-0.1, -0.05) is 49.9 Å². The molecule has 1 aliphatic rings. The molecule has 0 heterocycles. The third-order valence-corrected chi connectivity index (χ3v) is 4.60. The van der Waals surface area contributed by atoms with Crippen LogP contribution in [0.1, 0.15) is 61.8 Å². The molecule has 2 rings (SSSR count). The average molecular weight is 246 g/mol. The first kappa shape index (κ1) is 13.6. The van der Waals surface area contributed by atoms with Gasteiger partial charge in [-0.2, -0.15) is 0 Å². The number of aryl methyl sites for hydroxylation is 2. The Labute approximate surface area is 111 Å². The molecule has 0 amide bonds. The lowest BCUT2D eigenvalue weighted by atomic mass is 9.75. The first-order valence-electron chi connectivity index (χ1n) is 7.37. The fourth-order valence-corrected chi connectivity index (χ4v) is 3.32. The molecule has 1 aromatic rings. The van der Waals surface area contributed by atoms with Crippen LogP contribution in [0.5, 0.6) is 0 Å². The van der Waals surface area contributed by atoms with Crippen LogP contribution in [0.3, 0.4) is 0 Å². The molecule has 3 atom stereocenters. The van der Waals surface area contributed by atoms with Gasteiger partial charge in [0, 0.05) is 0 Å². The molecule has 100 valence electrons. The molecular weight excluding hydrogens is 220 g/mol. The quantitative estimate of drug-likeness (QED) is 0.829. The predicted molar refractivity (Wildman–Crippen MR) is 76.6 cm³/mol. The van der Waals surface area contributed by atoms with Crippen LogP contribution in [0.4, 0.5) is 0 Å². The van der Waals surface area contributed by atoms with Crippen molar-refractivity contribution in [2.24, 2.45) is 11.8 Å². The molecule has 1 heteroatoms. The third kappa shape index (κ3) is 2.95. The Morgan fingerprint density at radius 3 is 2.78 bits per heavy atom. The SMILES string of the molecule is CCC1CCCC(C(O)c2cc(C)ccc2C)C1. The van der Waals surface area contributed by atoms with Crippen molar-refractivity contribution in [2.45, 2.75) is 59.0 Å². The van der Waals surface area contributed by atoms with Crippen molar-refractivity contribution in [3.63, 3.8) is 0 Å². The van der Waals surface area contributed by atoms with E-state index in [-0.39, 0.29) is 6.10 Å². The van der Waals surface area contributed by atoms with Gasteiger partial charge in [0.05, 0.1) is 6.10 Å². The second kappa shape index (κ2) is 5.88. The summed E-state index contributed by atoms with van der Waals surface area (Å²) in [7, 11) is 0. The minimum absolute atomic E-state index is 0.265. The van der Waals surface area contributed by atoms with Crippen molar-refractivity contribution >= 4 is 0 Å². The van der Waals surface area contributed by atoms with Crippen LogP contribution >= 0.6 is 0 Å². The van der Waals surface area contributed by atoms with E-state index in [1.54, 1.807) is 0 Å². The topological polar surface area (TPSA) is 20.2 Å². The molecule has 0 aromatic heterocycles. The van der Waals surface area contributed by atoms with E-state index >= 15 is 0 Å². The Balaban J connectivity index is 2.14. The number of benzene rings is 1. The maximum Gasteiger partial charge on any atom is 0.0820 e. The summed E-state index contributed by atoms with van der Waals surface area (Å²) in [6.07, 6.45) is 6.02. The van der Waals surface area contributed by atoms with E-state index in [2.05, 4.69) is 39.0 Å². The van der Waals surface area contributed by atoms with Crippen molar-refractivity contribution in [2.75, 3.05) is 0 Å². The summed E-state index contributed by atoms with van der Waals surface area (Å²) < 4.78 is 0. The minimum atomic E-state index is -0.265. The Hall–Kier alpha value is -0.820. The second-order valence-corrected chi connectivity index (χ2v) is 6.01. The van der Waals surface area contributed by atoms with Gasteiger partial charge in [0.25, 0.3) is 0 Å². The summed E-state index contributed by atoms with van der Waals surface area (Å²) in [5.74, 6) is 1.28. The summed E-state index contributed by atoms with van der Waals surface area (Å²) in [6.45, 7) is 6.49. The molecular formula is C17H26O. The number of aliphatic hydroxyl groups excluding tert-OH is 1. The molecule has 18 heavy (non-hydrogen) atoms. The van der Waals surface area contributed by atoms with Crippen LogP contribution < -0.4 is 0 Å². The Morgan fingerprint density at radius 2 is 2.06 bits per heavy atom. The average Bonchev–Trinajstić information content (AvgIpc) is 2.41. The maximum atomic E-state index is 10.7. The van der Waals surface area contributed by atoms with Gasteiger partial charge in [-0.25, -0.2) is 0 Å².